The van der Waals surface area contributed by atoms with Crippen molar-refractivity contribution in [2.45, 2.75) is 25.3 Å². The average Bonchev–Trinajstić information content (AvgIpc) is 2.20. The van der Waals surface area contributed by atoms with Gasteiger partial charge in [-0.1, -0.05) is 26.0 Å². The fourth-order valence-electron chi connectivity index (χ4n) is 0.815. The van der Waals surface area contributed by atoms with E-state index in [0.29, 0.717) is 6.54 Å². The first-order chi connectivity index (χ1) is 6.54. The minimum atomic E-state index is -3.57. The van der Waals surface area contributed by atoms with Crippen LogP contribution in [0.25, 0.3) is 0 Å². The van der Waals surface area contributed by atoms with E-state index >= 15 is 0 Å². The van der Waals surface area contributed by atoms with Gasteiger partial charge in [-0.05, 0) is 17.7 Å². The molecule has 0 amide bonds. The molecule has 0 spiro atoms. The quantitative estimate of drug-likeness (QED) is 0.767. The van der Waals surface area contributed by atoms with E-state index in [9.17, 15) is 8.42 Å². The smallest absolute Gasteiger partial charge is 0.238 e. The van der Waals surface area contributed by atoms with Gasteiger partial charge in [-0.3, -0.25) is 0 Å². The lowest BCUT2D eigenvalue weighted by Crippen LogP contribution is -2.12. The summed E-state index contributed by atoms with van der Waals surface area (Å²) >= 11 is 0. The molecule has 1 aromatic rings. The molecule has 0 bridgehead atoms. The molecule has 0 heterocycles. The number of sulfonamides is 1. The monoisotopic (exact) mass is 216 g/mol. The van der Waals surface area contributed by atoms with E-state index in [4.69, 9.17) is 10.9 Å². The van der Waals surface area contributed by atoms with Crippen molar-refractivity contribution in [3.63, 3.8) is 0 Å². The van der Waals surface area contributed by atoms with Gasteiger partial charge in [-0.15, -0.1) is 0 Å². The van der Waals surface area contributed by atoms with Gasteiger partial charge in [0.15, 0.2) is 0 Å². The fraction of sp³-hybridized carbons (Fsp3) is 0.333. The fourth-order valence-corrected chi connectivity index (χ4v) is 1.33. The molecule has 0 fully saturated rings. The van der Waals surface area contributed by atoms with Crippen molar-refractivity contribution in [2.24, 2.45) is 10.9 Å². The van der Waals surface area contributed by atoms with Gasteiger partial charge >= 0.3 is 0 Å². The molecule has 0 aliphatic carbocycles. The molecule has 0 radical (unpaired) electrons. The number of benzene rings is 1. The standard InChI is InChI=1S/C7H10N2O2S.C2H6/c8-5-6-1-3-7(4-2-6)12(9,10)11;1-2/h1-4H,5,8H2,(H2,9,10,11);1-2H3. The first kappa shape index (κ1) is 13.1. The maximum Gasteiger partial charge on any atom is 0.238 e. The maximum atomic E-state index is 10.8. The van der Waals surface area contributed by atoms with Crippen molar-refractivity contribution in [3.05, 3.63) is 29.8 Å². The largest absolute Gasteiger partial charge is 0.326 e. The van der Waals surface area contributed by atoms with Crippen LogP contribution in [-0.2, 0) is 16.6 Å². The number of nitrogens with two attached hydrogens (primary N) is 2. The molecule has 1 aromatic carbocycles. The first-order valence-electron chi connectivity index (χ1n) is 4.36. The molecule has 0 aliphatic rings. The third kappa shape index (κ3) is 3.87. The van der Waals surface area contributed by atoms with Crippen molar-refractivity contribution >= 4 is 10.0 Å². The second kappa shape index (κ2) is 5.74. The molecule has 5 heteroatoms. The molecular weight excluding hydrogens is 200 g/mol. The summed E-state index contributed by atoms with van der Waals surface area (Å²) in [6, 6.07) is 6.16. The molecule has 4 N–H and O–H groups in total. The van der Waals surface area contributed by atoms with Crippen LogP contribution in [0.3, 0.4) is 0 Å². The lowest BCUT2D eigenvalue weighted by atomic mass is 10.2. The number of hydrogen-bond acceptors (Lipinski definition) is 3. The molecule has 14 heavy (non-hydrogen) atoms. The Morgan fingerprint density at radius 1 is 1.14 bits per heavy atom. The van der Waals surface area contributed by atoms with Gasteiger partial charge in [-0.2, -0.15) is 0 Å². The predicted octanol–water partition coefficient (Wildman–Crippen LogP) is 0.819. The molecular formula is C9H16N2O2S. The molecule has 1 rings (SSSR count). The van der Waals surface area contributed by atoms with Gasteiger partial charge in [-0.25, -0.2) is 13.6 Å². The highest BCUT2D eigenvalue weighted by molar-refractivity contribution is 7.89. The molecule has 4 nitrogen and oxygen atoms in total. The summed E-state index contributed by atoms with van der Waals surface area (Å²) in [5.74, 6) is 0. The molecule has 0 saturated heterocycles. The van der Waals surface area contributed by atoms with Crippen molar-refractivity contribution in [3.8, 4) is 0 Å². The molecule has 0 saturated carbocycles. The Hall–Kier alpha value is -0.910. The minimum absolute atomic E-state index is 0.111. The maximum absolute atomic E-state index is 10.8. The third-order valence-electron chi connectivity index (χ3n) is 1.49. The van der Waals surface area contributed by atoms with Crippen molar-refractivity contribution in [1.82, 2.24) is 0 Å². The Balaban J connectivity index is 0.000000791. The average molecular weight is 216 g/mol. The predicted molar refractivity (Wildman–Crippen MR) is 57.1 cm³/mol. The van der Waals surface area contributed by atoms with E-state index in [1.54, 1.807) is 12.1 Å². The van der Waals surface area contributed by atoms with E-state index < -0.39 is 10.0 Å². The normalized spacial score (nSPS) is 10.3. The second-order valence-electron chi connectivity index (χ2n) is 2.39. The molecule has 80 valence electrons. The van der Waals surface area contributed by atoms with Gasteiger partial charge in [0, 0.05) is 6.54 Å². The summed E-state index contributed by atoms with van der Waals surface area (Å²) in [6.07, 6.45) is 0. The van der Waals surface area contributed by atoms with Crippen LogP contribution in [0, 0.1) is 0 Å². The zero-order valence-electron chi connectivity index (χ0n) is 8.40. The Bertz CT molecular complexity index is 357. The van der Waals surface area contributed by atoms with Crippen molar-refractivity contribution in [1.29, 1.82) is 0 Å². The van der Waals surface area contributed by atoms with Crippen molar-refractivity contribution < 1.29 is 8.42 Å². The van der Waals surface area contributed by atoms with Crippen LogP contribution in [0.5, 0.6) is 0 Å². The van der Waals surface area contributed by atoms with Crippen molar-refractivity contribution in [2.75, 3.05) is 0 Å². The van der Waals surface area contributed by atoms with Crippen LogP contribution in [0.4, 0.5) is 0 Å². The summed E-state index contributed by atoms with van der Waals surface area (Å²) < 4.78 is 21.6. The molecule has 0 aliphatic heterocycles. The van der Waals surface area contributed by atoms with Crippen LogP contribution < -0.4 is 10.9 Å². The summed E-state index contributed by atoms with van der Waals surface area (Å²) in [4.78, 5) is 0.111. The van der Waals surface area contributed by atoms with Crippen LogP contribution in [0.1, 0.15) is 19.4 Å². The zero-order chi connectivity index (χ0) is 11.2. The third-order valence-corrected chi connectivity index (χ3v) is 2.42. The highest BCUT2D eigenvalue weighted by atomic mass is 32.2. The van der Waals surface area contributed by atoms with Crippen LogP contribution in [0.15, 0.2) is 29.2 Å². The van der Waals surface area contributed by atoms with E-state index in [1.165, 1.54) is 12.1 Å². The Morgan fingerprint density at radius 2 is 1.57 bits per heavy atom. The van der Waals surface area contributed by atoms with Crippen LogP contribution >= 0.6 is 0 Å². The van der Waals surface area contributed by atoms with E-state index in [1.807, 2.05) is 13.8 Å². The Morgan fingerprint density at radius 3 is 1.86 bits per heavy atom. The van der Waals surface area contributed by atoms with Crippen LogP contribution in [0.2, 0.25) is 0 Å². The highest BCUT2D eigenvalue weighted by Crippen LogP contribution is 2.07. The van der Waals surface area contributed by atoms with Gasteiger partial charge in [0.1, 0.15) is 0 Å². The minimum Gasteiger partial charge on any atom is -0.326 e. The second-order valence-corrected chi connectivity index (χ2v) is 3.95. The molecule has 0 aromatic heterocycles. The van der Waals surface area contributed by atoms with E-state index in [-0.39, 0.29) is 4.90 Å². The topological polar surface area (TPSA) is 86.2 Å². The Kier molecular flexibility index (Phi) is 5.37. The lowest BCUT2D eigenvalue weighted by molar-refractivity contribution is 0.598. The lowest BCUT2D eigenvalue weighted by Gasteiger charge is -1.98. The van der Waals surface area contributed by atoms with Gasteiger partial charge in [0.25, 0.3) is 0 Å². The first-order valence-corrected chi connectivity index (χ1v) is 5.90. The number of hydrogen-bond donors (Lipinski definition) is 2. The Labute approximate surface area is 85.0 Å². The summed E-state index contributed by atoms with van der Waals surface area (Å²) in [7, 11) is -3.57. The molecule has 0 unspecified atom stereocenters. The number of primary sulfonamides is 1. The molecule has 0 atom stereocenters. The summed E-state index contributed by atoms with van der Waals surface area (Å²) in [5.41, 5.74) is 6.21. The van der Waals surface area contributed by atoms with E-state index in [2.05, 4.69) is 0 Å². The number of rotatable bonds is 2. The van der Waals surface area contributed by atoms with Gasteiger partial charge < -0.3 is 5.73 Å². The summed E-state index contributed by atoms with van der Waals surface area (Å²) in [5, 5.41) is 4.89. The van der Waals surface area contributed by atoms with Gasteiger partial charge in [0.2, 0.25) is 10.0 Å². The SMILES string of the molecule is CC.NCc1ccc(S(N)(=O)=O)cc1. The van der Waals surface area contributed by atoms with E-state index in [0.717, 1.165) is 5.56 Å². The highest BCUT2D eigenvalue weighted by Gasteiger charge is 2.05. The zero-order valence-corrected chi connectivity index (χ0v) is 9.21. The summed E-state index contributed by atoms with van der Waals surface area (Å²) in [6.45, 7) is 4.39. The van der Waals surface area contributed by atoms with Gasteiger partial charge in [0.05, 0.1) is 4.90 Å². The van der Waals surface area contributed by atoms with Crippen LogP contribution in [-0.4, -0.2) is 8.42 Å².